The molecule has 8 heteroatoms. The summed E-state index contributed by atoms with van der Waals surface area (Å²) >= 11 is 6.11. The van der Waals surface area contributed by atoms with Gasteiger partial charge in [-0.1, -0.05) is 17.7 Å². The van der Waals surface area contributed by atoms with E-state index < -0.39 is 0 Å². The minimum Gasteiger partial charge on any atom is -0.368 e. The number of aromatic nitrogens is 2. The topological polar surface area (TPSA) is 55.8 Å². The van der Waals surface area contributed by atoms with Gasteiger partial charge in [-0.3, -0.25) is 9.69 Å². The first-order valence-corrected chi connectivity index (χ1v) is 11.0. The number of halogens is 1. The summed E-state index contributed by atoms with van der Waals surface area (Å²) in [5.41, 5.74) is 1.12. The number of carbonyl (C=O) groups excluding carboxylic acids is 1. The zero-order valence-electron chi connectivity index (χ0n) is 17.5. The van der Waals surface area contributed by atoms with Gasteiger partial charge in [-0.15, -0.1) is 5.10 Å². The summed E-state index contributed by atoms with van der Waals surface area (Å²) in [4.78, 5) is 21.6. The van der Waals surface area contributed by atoms with Gasteiger partial charge < -0.3 is 14.7 Å². The van der Waals surface area contributed by atoms with Gasteiger partial charge in [0, 0.05) is 62.2 Å². The number of anilines is 2. The number of benzene rings is 1. The van der Waals surface area contributed by atoms with Crippen LogP contribution in [0.25, 0.3) is 0 Å². The molecule has 3 heterocycles. The third kappa shape index (κ3) is 5.02. The van der Waals surface area contributed by atoms with E-state index in [1.54, 1.807) is 6.20 Å². The Balaban J connectivity index is 1.26. The van der Waals surface area contributed by atoms with Gasteiger partial charge in [0.25, 0.3) is 0 Å². The molecule has 1 atom stereocenters. The van der Waals surface area contributed by atoms with Crippen molar-refractivity contribution < 1.29 is 4.79 Å². The van der Waals surface area contributed by atoms with Crippen molar-refractivity contribution in [1.82, 2.24) is 20.0 Å². The molecule has 1 amide bonds. The molecule has 7 nitrogen and oxygen atoms in total. The van der Waals surface area contributed by atoms with Crippen LogP contribution in [0, 0.1) is 0 Å². The van der Waals surface area contributed by atoms with Crippen molar-refractivity contribution in [2.45, 2.75) is 18.9 Å². The van der Waals surface area contributed by atoms with Crippen LogP contribution in [0.1, 0.15) is 12.8 Å². The quantitative estimate of drug-likeness (QED) is 0.704. The zero-order chi connectivity index (χ0) is 20.9. The van der Waals surface area contributed by atoms with Gasteiger partial charge in [0.15, 0.2) is 5.82 Å². The van der Waals surface area contributed by atoms with Gasteiger partial charge in [-0.05, 0) is 50.2 Å². The van der Waals surface area contributed by atoms with E-state index in [4.69, 9.17) is 11.6 Å². The van der Waals surface area contributed by atoms with E-state index in [1.807, 2.05) is 42.3 Å². The lowest BCUT2D eigenvalue weighted by Crippen LogP contribution is -2.51. The van der Waals surface area contributed by atoms with Crippen LogP contribution in [0.15, 0.2) is 42.6 Å². The Kier molecular flexibility index (Phi) is 6.69. The number of rotatable bonds is 6. The number of likely N-dealkylation sites (N-methyl/N-ethyl adjacent to an activating group) is 1. The van der Waals surface area contributed by atoms with Gasteiger partial charge in [0.05, 0.1) is 6.54 Å². The van der Waals surface area contributed by atoms with Crippen LogP contribution >= 0.6 is 11.6 Å². The highest BCUT2D eigenvalue weighted by Gasteiger charge is 2.28. The predicted octanol–water partition coefficient (Wildman–Crippen LogP) is 2.38. The number of amides is 1. The maximum atomic E-state index is 12.8. The largest absolute Gasteiger partial charge is 0.368 e. The summed E-state index contributed by atoms with van der Waals surface area (Å²) in [5.74, 6) is 1.13. The van der Waals surface area contributed by atoms with Crippen molar-refractivity contribution >= 4 is 29.0 Å². The summed E-state index contributed by atoms with van der Waals surface area (Å²) in [6.45, 7) is 5.45. The van der Waals surface area contributed by atoms with E-state index in [0.717, 1.165) is 68.6 Å². The molecule has 0 saturated carbocycles. The average molecular weight is 429 g/mol. The van der Waals surface area contributed by atoms with Crippen LogP contribution in [0.3, 0.4) is 0 Å². The van der Waals surface area contributed by atoms with Crippen LogP contribution in [0.2, 0.25) is 5.02 Å². The first-order chi connectivity index (χ1) is 14.6. The molecule has 0 N–H and O–H groups in total. The molecular formula is C22H29ClN6O. The minimum atomic E-state index is 0.201. The third-order valence-electron chi connectivity index (χ3n) is 5.96. The Bertz CT molecular complexity index is 843. The van der Waals surface area contributed by atoms with Gasteiger partial charge in [0.2, 0.25) is 5.91 Å². The maximum absolute atomic E-state index is 12.8. The summed E-state index contributed by atoms with van der Waals surface area (Å²) < 4.78 is 0. The number of piperazine rings is 1. The van der Waals surface area contributed by atoms with Gasteiger partial charge in [-0.25, -0.2) is 0 Å². The summed E-state index contributed by atoms with van der Waals surface area (Å²) in [7, 11) is 2.04. The molecule has 2 fully saturated rings. The van der Waals surface area contributed by atoms with E-state index in [0.29, 0.717) is 12.6 Å². The fourth-order valence-electron chi connectivity index (χ4n) is 4.42. The van der Waals surface area contributed by atoms with E-state index in [-0.39, 0.29) is 5.91 Å². The van der Waals surface area contributed by atoms with E-state index >= 15 is 0 Å². The van der Waals surface area contributed by atoms with Crippen molar-refractivity contribution in [2.75, 3.05) is 62.7 Å². The molecule has 0 spiro atoms. The lowest BCUT2D eigenvalue weighted by atomic mass is 10.2. The molecule has 2 saturated heterocycles. The highest BCUT2D eigenvalue weighted by Crippen LogP contribution is 2.24. The number of nitrogens with zero attached hydrogens (tertiary/aromatic N) is 6. The fraction of sp³-hybridized carbons (Fsp3) is 0.500. The molecule has 2 aliphatic heterocycles. The standard InChI is InChI=1S/C22H29ClN6O/c1-26(16-20-7-4-10-29(20)21-8-3-9-24-25-21)17-22(30)28-13-11-27(12-14-28)19-6-2-5-18(23)15-19/h2-3,5-6,8-9,15,20H,4,7,10-14,16-17H2,1H3. The van der Waals surface area contributed by atoms with Crippen molar-refractivity contribution in [3.63, 3.8) is 0 Å². The smallest absolute Gasteiger partial charge is 0.236 e. The lowest BCUT2D eigenvalue weighted by molar-refractivity contribution is -0.132. The molecule has 1 aromatic carbocycles. The number of carbonyl (C=O) groups is 1. The predicted molar refractivity (Wildman–Crippen MR) is 120 cm³/mol. The third-order valence-corrected chi connectivity index (χ3v) is 6.20. The second-order valence-corrected chi connectivity index (χ2v) is 8.55. The normalized spacial score (nSPS) is 19.6. The van der Waals surface area contributed by atoms with Crippen LogP contribution in [-0.2, 0) is 4.79 Å². The SMILES string of the molecule is CN(CC(=O)N1CCN(c2cccc(Cl)c2)CC1)CC1CCCN1c1cccnn1. The van der Waals surface area contributed by atoms with E-state index in [9.17, 15) is 4.79 Å². The summed E-state index contributed by atoms with van der Waals surface area (Å²) in [5, 5.41) is 9.01. The first kappa shape index (κ1) is 20.9. The Morgan fingerprint density at radius 2 is 2.00 bits per heavy atom. The van der Waals surface area contributed by atoms with Crippen LogP contribution < -0.4 is 9.80 Å². The maximum Gasteiger partial charge on any atom is 0.236 e. The minimum absolute atomic E-state index is 0.201. The number of hydrogen-bond donors (Lipinski definition) is 0. The molecule has 2 aliphatic rings. The van der Waals surface area contributed by atoms with Crippen LogP contribution in [-0.4, -0.2) is 84.8 Å². The molecule has 0 aliphatic carbocycles. The van der Waals surface area contributed by atoms with Gasteiger partial charge >= 0.3 is 0 Å². The summed E-state index contributed by atoms with van der Waals surface area (Å²) in [6.07, 6.45) is 3.97. The Hall–Kier alpha value is -2.38. The first-order valence-electron chi connectivity index (χ1n) is 10.6. The van der Waals surface area contributed by atoms with Crippen molar-refractivity contribution in [1.29, 1.82) is 0 Å². The molecule has 1 aromatic heterocycles. The monoisotopic (exact) mass is 428 g/mol. The van der Waals surface area contributed by atoms with Gasteiger partial charge in [0.1, 0.15) is 0 Å². The van der Waals surface area contributed by atoms with Crippen molar-refractivity contribution in [3.05, 3.63) is 47.6 Å². The van der Waals surface area contributed by atoms with E-state index in [1.165, 1.54) is 0 Å². The molecule has 0 radical (unpaired) electrons. The van der Waals surface area contributed by atoms with E-state index in [2.05, 4.69) is 31.0 Å². The number of hydrogen-bond acceptors (Lipinski definition) is 6. The molecule has 160 valence electrons. The molecule has 4 rings (SSSR count). The highest BCUT2D eigenvalue weighted by molar-refractivity contribution is 6.30. The molecule has 1 unspecified atom stereocenters. The average Bonchev–Trinajstić information content (AvgIpc) is 3.22. The van der Waals surface area contributed by atoms with Crippen molar-refractivity contribution in [3.8, 4) is 0 Å². The highest BCUT2D eigenvalue weighted by atomic mass is 35.5. The molecule has 30 heavy (non-hydrogen) atoms. The lowest BCUT2D eigenvalue weighted by Gasteiger charge is -2.37. The Labute approximate surface area is 183 Å². The molecule has 2 aromatic rings. The van der Waals surface area contributed by atoms with Crippen molar-refractivity contribution in [2.24, 2.45) is 0 Å². The second-order valence-electron chi connectivity index (χ2n) is 8.12. The van der Waals surface area contributed by atoms with Gasteiger partial charge in [-0.2, -0.15) is 5.10 Å². The van der Waals surface area contributed by atoms with Crippen LogP contribution in [0.5, 0.6) is 0 Å². The fourth-order valence-corrected chi connectivity index (χ4v) is 4.60. The Morgan fingerprint density at radius 1 is 1.17 bits per heavy atom. The Morgan fingerprint density at radius 3 is 2.73 bits per heavy atom. The second kappa shape index (κ2) is 9.62. The molecular weight excluding hydrogens is 400 g/mol. The summed E-state index contributed by atoms with van der Waals surface area (Å²) in [6, 6.07) is 12.2. The zero-order valence-corrected chi connectivity index (χ0v) is 18.2. The van der Waals surface area contributed by atoms with Crippen LogP contribution in [0.4, 0.5) is 11.5 Å². The molecule has 0 bridgehead atoms.